The van der Waals surface area contributed by atoms with Crippen molar-refractivity contribution in [3.8, 4) is 5.75 Å². The Labute approximate surface area is 172 Å². The van der Waals surface area contributed by atoms with Crippen LogP contribution in [0, 0.1) is 0 Å². The summed E-state index contributed by atoms with van der Waals surface area (Å²) in [7, 11) is 1.57. The van der Waals surface area contributed by atoms with Crippen LogP contribution in [0.3, 0.4) is 0 Å². The molecule has 1 aromatic carbocycles. The van der Waals surface area contributed by atoms with E-state index in [2.05, 4.69) is 26.2 Å². The molecule has 1 saturated heterocycles. The maximum absolute atomic E-state index is 13.2. The number of nitrogens with one attached hydrogen (secondary N) is 1. The van der Waals surface area contributed by atoms with Crippen LogP contribution in [0.5, 0.6) is 5.75 Å². The quantitative estimate of drug-likeness (QED) is 0.716. The van der Waals surface area contributed by atoms with Gasteiger partial charge in [0.15, 0.2) is 0 Å². The summed E-state index contributed by atoms with van der Waals surface area (Å²) in [6, 6.07) is 12.4. The SMILES string of the molecule is COc1ccccc1C(Br)=C(NC(=O)c1ccccn1)C(=O)N1CCCCC1. The molecule has 0 bridgehead atoms. The minimum absolute atomic E-state index is 0.182. The highest BCUT2D eigenvalue weighted by Gasteiger charge is 2.26. The van der Waals surface area contributed by atoms with Crippen LogP contribution >= 0.6 is 15.9 Å². The molecule has 1 N–H and O–H groups in total. The van der Waals surface area contributed by atoms with Crippen LogP contribution in [-0.4, -0.2) is 41.9 Å². The lowest BCUT2D eigenvalue weighted by Gasteiger charge is -2.28. The van der Waals surface area contributed by atoms with Gasteiger partial charge in [0, 0.05) is 24.8 Å². The third-order valence-electron chi connectivity index (χ3n) is 4.56. The molecule has 6 nitrogen and oxygen atoms in total. The Bertz CT molecular complexity index is 877. The van der Waals surface area contributed by atoms with E-state index in [-0.39, 0.29) is 17.3 Å². The van der Waals surface area contributed by atoms with Gasteiger partial charge in [-0.2, -0.15) is 0 Å². The fraction of sp³-hybridized carbons (Fsp3) is 0.286. The topological polar surface area (TPSA) is 71.5 Å². The van der Waals surface area contributed by atoms with Crippen molar-refractivity contribution in [1.29, 1.82) is 0 Å². The normalized spacial score (nSPS) is 14.9. The molecule has 3 rings (SSSR count). The zero-order valence-corrected chi connectivity index (χ0v) is 17.2. The minimum Gasteiger partial charge on any atom is -0.496 e. The predicted molar refractivity (Wildman–Crippen MR) is 111 cm³/mol. The molecule has 1 fully saturated rings. The molecule has 0 aliphatic carbocycles. The number of benzene rings is 1. The molecule has 1 aliphatic heterocycles. The summed E-state index contributed by atoms with van der Waals surface area (Å²) in [6.45, 7) is 1.35. The Balaban J connectivity index is 2.00. The number of hydrogen-bond acceptors (Lipinski definition) is 4. The number of carbonyl (C=O) groups excluding carboxylic acids is 2. The highest BCUT2D eigenvalue weighted by molar-refractivity contribution is 9.15. The second-order valence-corrected chi connectivity index (χ2v) is 7.20. The summed E-state index contributed by atoms with van der Waals surface area (Å²) in [5.41, 5.74) is 1.11. The van der Waals surface area contributed by atoms with Crippen LogP contribution in [0.1, 0.15) is 35.3 Å². The standard InChI is InChI=1S/C21H22BrN3O3/c1-28-17-11-4-3-9-15(17)18(22)19(21(27)25-13-7-2-8-14-25)24-20(26)16-10-5-6-12-23-16/h3-6,9-12H,2,7-8,13-14H2,1H3,(H,24,26). The number of para-hydroxylation sites is 1. The van der Waals surface area contributed by atoms with Crippen molar-refractivity contribution in [3.05, 3.63) is 65.6 Å². The van der Waals surface area contributed by atoms with Gasteiger partial charge in [0.1, 0.15) is 17.1 Å². The Hall–Kier alpha value is -2.67. The Morgan fingerprint density at radius 3 is 2.46 bits per heavy atom. The van der Waals surface area contributed by atoms with E-state index in [4.69, 9.17) is 4.74 Å². The third kappa shape index (κ3) is 4.59. The highest BCUT2D eigenvalue weighted by Crippen LogP contribution is 2.32. The first kappa shape index (κ1) is 20.1. The van der Waals surface area contributed by atoms with Crippen molar-refractivity contribution in [1.82, 2.24) is 15.2 Å². The molecule has 146 valence electrons. The van der Waals surface area contributed by atoms with Gasteiger partial charge < -0.3 is 15.0 Å². The first-order valence-electron chi connectivity index (χ1n) is 9.16. The first-order valence-corrected chi connectivity index (χ1v) is 9.96. The number of pyridine rings is 1. The summed E-state index contributed by atoms with van der Waals surface area (Å²) in [4.78, 5) is 31.8. The van der Waals surface area contributed by atoms with Crippen molar-refractivity contribution >= 4 is 32.2 Å². The number of hydrogen-bond donors (Lipinski definition) is 1. The number of rotatable bonds is 5. The van der Waals surface area contributed by atoms with Gasteiger partial charge in [-0.3, -0.25) is 14.6 Å². The summed E-state index contributed by atoms with van der Waals surface area (Å²) < 4.78 is 5.89. The molecule has 0 atom stereocenters. The number of ether oxygens (including phenoxy) is 1. The second-order valence-electron chi connectivity index (χ2n) is 6.41. The molecule has 2 heterocycles. The summed E-state index contributed by atoms with van der Waals surface area (Å²) in [6.07, 6.45) is 4.57. The summed E-state index contributed by atoms with van der Waals surface area (Å²) >= 11 is 3.53. The molecule has 0 saturated carbocycles. The lowest BCUT2D eigenvalue weighted by Crippen LogP contribution is -2.41. The number of piperidine rings is 1. The fourth-order valence-electron chi connectivity index (χ4n) is 3.09. The monoisotopic (exact) mass is 443 g/mol. The smallest absolute Gasteiger partial charge is 0.274 e. The van der Waals surface area contributed by atoms with Crippen LogP contribution < -0.4 is 10.1 Å². The Kier molecular flexibility index (Phi) is 6.81. The molecular weight excluding hydrogens is 422 g/mol. The number of nitrogens with zero attached hydrogens (tertiary/aromatic N) is 2. The third-order valence-corrected chi connectivity index (χ3v) is 5.38. The number of methoxy groups -OCH3 is 1. The first-order chi connectivity index (χ1) is 13.6. The fourth-order valence-corrected chi connectivity index (χ4v) is 3.69. The van der Waals surface area contributed by atoms with Gasteiger partial charge in [0.25, 0.3) is 11.8 Å². The van der Waals surface area contributed by atoms with Crippen LogP contribution in [0.25, 0.3) is 4.48 Å². The van der Waals surface area contributed by atoms with E-state index in [9.17, 15) is 9.59 Å². The van der Waals surface area contributed by atoms with Gasteiger partial charge in [0.05, 0.1) is 11.6 Å². The second kappa shape index (κ2) is 9.50. The van der Waals surface area contributed by atoms with E-state index in [0.717, 1.165) is 19.3 Å². The number of halogens is 1. The van der Waals surface area contributed by atoms with E-state index in [0.29, 0.717) is 28.9 Å². The van der Waals surface area contributed by atoms with Crippen molar-refractivity contribution in [2.75, 3.05) is 20.2 Å². The average Bonchev–Trinajstić information content (AvgIpc) is 2.77. The van der Waals surface area contributed by atoms with Crippen LogP contribution in [0.4, 0.5) is 0 Å². The molecule has 1 aromatic heterocycles. The van der Waals surface area contributed by atoms with Gasteiger partial charge in [-0.25, -0.2) is 0 Å². The predicted octanol–water partition coefficient (Wildman–Crippen LogP) is 3.60. The van der Waals surface area contributed by atoms with Gasteiger partial charge in [0.2, 0.25) is 0 Å². The van der Waals surface area contributed by atoms with Crippen molar-refractivity contribution < 1.29 is 14.3 Å². The van der Waals surface area contributed by atoms with Gasteiger partial charge >= 0.3 is 0 Å². The largest absolute Gasteiger partial charge is 0.496 e. The number of amides is 2. The molecule has 0 radical (unpaired) electrons. The lowest BCUT2D eigenvalue weighted by atomic mass is 10.1. The van der Waals surface area contributed by atoms with E-state index >= 15 is 0 Å². The maximum Gasteiger partial charge on any atom is 0.274 e. The summed E-state index contributed by atoms with van der Waals surface area (Å²) in [5.74, 6) is -0.0556. The van der Waals surface area contributed by atoms with Crippen LogP contribution in [-0.2, 0) is 4.79 Å². The van der Waals surface area contributed by atoms with E-state index in [1.807, 2.05) is 18.2 Å². The van der Waals surface area contributed by atoms with Crippen LogP contribution in [0.15, 0.2) is 54.4 Å². The number of likely N-dealkylation sites (tertiary alicyclic amines) is 1. The molecule has 0 spiro atoms. The highest BCUT2D eigenvalue weighted by atomic mass is 79.9. The average molecular weight is 444 g/mol. The van der Waals surface area contributed by atoms with Gasteiger partial charge in [-0.1, -0.05) is 24.3 Å². The minimum atomic E-state index is -0.437. The Morgan fingerprint density at radius 2 is 1.79 bits per heavy atom. The van der Waals surface area contributed by atoms with Crippen molar-refractivity contribution in [2.45, 2.75) is 19.3 Å². The van der Waals surface area contributed by atoms with Gasteiger partial charge in [-0.15, -0.1) is 0 Å². The maximum atomic E-state index is 13.2. The zero-order valence-electron chi connectivity index (χ0n) is 15.7. The van der Waals surface area contributed by atoms with Crippen molar-refractivity contribution in [2.24, 2.45) is 0 Å². The molecule has 2 aromatic rings. The molecule has 7 heteroatoms. The Morgan fingerprint density at radius 1 is 1.07 bits per heavy atom. The van der Waals surface area contributed by atoms with Crippen LogP contribution in [0.2, 0.25) is 0 Å². The summed E-state index contributed by atoms with van der Waals surface area (Å²) in [5, 5.41) is 2.76. The lowest BCUT2D eigenvalue weighted by molar-refractivity contribution is -0.128. The molecular formula is C21H22BrN3O3. The van der Waals surface area contributed by atoms with E-state index in [1.54, 1.807) is 42.5 Å². The molecule has 1 aliphatic rings. The van der Waals surface area contributed by atoms with Gasteiger partial charge in [-0.05, 0) is 53.4 Å². The molecule has 2 amide bonds. The molecule has 0 unspecified atom stereocenters. The van der Waals surface area contributed by atoms with Crippen molar-refractivity contribution in [3.63, 3.8) is 0 Å². The number of aromatic nitrogens is 1. The van der Waals surface area contributed by atoms with E-state index < -0.39 is 5.91 Å². The molecule has 28 heavy (non-hydrogen) atoms. The van der Waals surface area contributed by atoms with E-state index in [1.165, 1.54) is 0 Å². The zero-order chi connectivity index (χ0) is 19.9. The number of carbonyl (C=O) groups is 2.